The Bertz CT molecular complexity index is 807. The van der Waals surface area contributed by atoms with Crippen molar-refractivity contribution in [3.63, 3.8) is 0 Å². The van der Waals surface area contributed by atoms with Crippen molar-refractivity contribution in [3.8, 4) is 0 Å². The Morgan fingerprint density at radius 1 is 1.08 bits per heavy atom. The molecule has 1 aromatic heterocycles. The Morgan fingerprint density at radius 3 is 2.24 bits per heavy atom. The molecule has 0 atom stereocenters. The van der Waals surface area contributed by atoms with Gasteiger partial charge in [0.2, 0.25) is 15.9 Å². The summed E-state index contributed by atoms with van der Waals surface area (Å²) in [6.07, 6.45) is 0.688. The Hall–Kier alpha value is -1.93. The average molecular weight is 364 g/mol. The number of aromatic nitrogens is 2. The van der Waals surface area contributed by atoms with E-state index in [1.165, 1.54) is 4.31 Å². The van der Waals surface area contributed by atoms with Crippen LogP contribution in [0.25, 0.3) is 0 Å². The SMILES string of the molecule is CCc1nnc(N2CCN(S(=O)(=O)c3ccc(C(C)C)cc3)CC2)o1. The largest absolute Gasteiger partial charge is 0.408 e. The van der Waals surface area contributed by atoms with E-state index in [1.54, 1.807) is 12.1 Å². The second kappa shape index (κ2) is 7.13. The fourth-order valence-electron chi connectivity index (χ4n) is 2.81. The fraction of sp³-hybridized carbons (Fsp3) is 0.529. The number of benzene rings is 1. The van der Waals surface area contributed by atoms with E-state index in [0.717, 1.165) is 5.56 Å². The molecule has 0 unspecified atom stereocenters. The maximum absolute atomic E-state index is 12.8. The molecule has 3 rings (SSSR count). The zero-order valence-corrected chi connectivity index (χ0v) is 15.7. The molecule has 7 nitrogen and oxygen atoms in total. The van der Waals surface area contributed by atoms with E-state index in [0.29, 0.717) is 55.3 Å². The molecular formula is C17H24N4O3S. The quantitative estimate of drug-likeness (QED) is 0.810. The van der Waals surface area contributed by atoms with Crippen molar-refractivity contribution in [2.24, 2.45) is 0 Å². The molecule has 0 spiro atoms. The molecule has 0 aliphatic carbocycles. The van der Waals surface area contributed by atoms with E-state index in [1.807, 2.05) is 24.0 Å². The van der Waals surface area contributed by atoms with Crippen LogP contribution in [-0.4, -0.2) is 49.1 Å². The minimum Gasteiger partial charge on any atom is -0.408 e. The molecule has 8 heteroatoms. The maximum atomic E-state index is 12.8. The first kappa shape index (κ1) is 17.9. The molecule has 1 aliphatic rings. The van der Waals surface area contributed by atoms with Gasteiger partial charge in [-0.2, -0.15) is 4.31 Å². The topological polar surface area (TPSA) is 79.5 Å². The van der Waals surface area contributed by atoms with Crippen LogP contribution in [0.15, 0.2) is 33.6 Å². The lowest BCUT2D eigenvalue weighted by atomic mass is 10.0. The molecule has 0 bridgehead atoms. The van der Waals surface area contributed by atoms with Gasteiger partial charge in [0.25, 0.3) is 0 Å². The summed E-state index contributed by atoms with van der Waals surface area (Å²) in [6.45, 7) is 8.00. The van der Waals surface area contributed by atoms with E-state index in [2.05, 4.69) is 24.0 Å². The Morgan fingerprint density at radius 2 is 1.72 bits per heavy atom. The van der Waals surface area contributed by atoms with Crippen molar-refractivity contribution < 1.29 is 12.8 Å². The van der Waals surface area contributed by atoms with Gasteiger partial charge < -0.3 is 9.32 Å². The van der Waals surface area contributed by atoms with Crippen LogP contribution in [0.4, 0.5) is 6.01 Å². The first-order valence-electron chi connectivity index (χ1n) is 8.59. The number of aryl methyl sites for hydroxylation is 1. The van der Waals surface area contributed by atoms with E-state index >= 15 is 0 Å². The van der Waals surface area contributed by atoms with Gasteiger partial charge in [0, 0.05) is 32.6 Å². The van der Waals surface area contributed by atoms with Crippen LogP contribution in [0.2, 0.25) is 0 Å². The zero-order chi connectivity index (χ0) is 18.0. The normalized spacial score (nSPS) is 16.6. The van der Waals surface area contributed by atoms with Gasteiger partial charge in [0.15, 0.2) is 0 Å². The molecule has 1 aliphatic heterocycles. The third-order valence-electron chi connectivity index (χ3n) is 4.45. The molecule has 25 heavy (non-hydrogen) atoms. The smallest absolute Gasteiger partial charge is 0.318 e. The highest BCUT2D eigenvalue weighted by atomic mass is 32.2. The van der Waals surface area contributed by atoms with Crippen LogP contribution in [0.5, 0.6) is 0 Å². The summed E-state index contributed by atoms with van der Waals surface area (Å²) in [6, 6.07) is 7.64. The van der Waals surface area contributed by atoms with Crippen molar-refractivity contribution in [1.29, 1.82) is 0 Å². The predicted molar refractivity (Wildman–Crippen MR) is 95.2 cm³/mol. The molecule has 2 aromatic rings. The molecule has 2 heterocycles. The number of hydrogen-bond donors (Lipinski definition) is 0. The standard InChI is InChI=1S/C17H24N4O3S/c1-4-16-18-19-17(24-16)20-9-11-21(12-10-20)25(22,23)15-7-5-14(6-8-15)13(2)3/h5-8,13H,4,9-12H2,1-3H3. The molecule has 0 N–H and O–H groups in total. The molecular weight excluding hydrogens is 340 g/mol. The first-order valence-corrected chi connectivity index (χ1v) is 10.0. The van der Waals surface area contributed by atoms with Gasteiger partial charge in [-0.15, -0.1) is 5.10 Å². The van der Waals surface area contributed by atoms with Gasteiger partial charge >= 0.3 is 6.01 Å². The van der Waals surface area contributed by atoms with Crippen LogP contribution in [-0.2, 0) is 16.4 Å². The summed E-state index contributed by atoms with van der Waals surface area (Å²) in [7, 11) is -3.47. The number of nitrogens with zero attached hydrogens (tertiary/aromatic N) is 4. The third-order valence-corrected chi connectivity index (χ3v) is 6.37. The Labute approximate surface area is 148 Å². The highest BCUT2D eigenvalue weighted by Crippen LogP contribution is 2.22. The number of sulfonamides is 1. The van der Waals surface area contributed by atoms with E-state index in [9.17, 15) is 8.42 Å². The lowest BCUT2D eigenvalue weighted by Gasteiger charge is -2.32. The average Bonchev–Trinajstić information content (AvgIpc) is 3.11. The van der Waals surface area contributed by atoms with Crippen molar-refractivity contribution >= 4 is 16.0 Å². The summed E-state index contributed by atoms with van der Waals surface area (Å²) < 4.78 is 32.7. The van der Waals surface area contributed by atoms with E-state index in [-0.39, 0.29) is 0 Å². The summed E-state index contributed by atoms with van der Waals surface area (Å²) in [5.74, 6) is 0.970. The second-order valence-electron chi connectivity index (χ2n) is 6.45. The highest BCUT2D eigenvalue weighted by molar-refractivity contribution is 7.89. The maximum Gasteiger partial charge on any atom is 0.318 e. The number of anilines is 1. The fourth-order valence-corrected chi connectivity index (χ4v) is 4.23. The molecule has 0 radical (unpaired) electrons. The minimum atomic E-state index is -3.47. The zero-order valence-electron chi connectivity index (χ0n) is 14.8. The van der Waals surface area contributed by atoms with Crippen molar-refractivity contribution in [3.05, 3.63) is 35.7 Å². The monoisotopic (exact) mass is 364 g/mol. The minimum absolute atomic E-state index is 0.344. The lowest BCUT2D eigenvalue weighted by Crippen LogP contribution is -2.48. The van der Waals surface area contributed by atoms with Gasteiger partial charge in [-0.05, 0) is 23.6 Å². The van der Waals surface area contributed by atoms with Crippen molar-refractivity contribution in [2.75, 3.05) is 31.1 Å². The predicted octanol–water partition coefficient (Wildman–Crippen LogP) is 2.27. The van der Waals surface area contributed by atoms with Crippen LogP contribution < -0.4 is 4.90 Å². The van der Waals surface area contributed by atoms with E-state index < -0.39 is 10.0 Å². The van der Waals surface area contributed by atoms with Gasteiger partial charge in [0.1, 0.15) is 0 Å². The molecule has 0 saturated carbocycles. The van der Waals surface area contributed by atoms with Gasteiger partial charge in [-0.25, -0.2) is 8.42 Å². The lowest BCUT2D eigenvalue weighted by molar-refractivity contribution is 0.369. The Balaban J connectivity index is 1.68. The molecule has 1 saturated heterocycles. The molecule has 1 aromatic carbocycles. The highest BCUT2D eigenvalue weighted by Gasteiger charge is 2.30. The summed E-state index contributed by atoms with van der Waals surface area (Å²) >= 11 is 0. The second-order valence-corrected chi connectivity index (χ2v) is 8.38. The van der Waals surface area contributed by atoms with Crippen molar-refractivity contribution in [1.82, 2.24) is 14.5 Å². The summed E-state index contributed by atoms with van der Waals surface area (Å²) in [5, 5.41) is 7.98. The first-order chi connectivity index (χ1) is 11.9. The van der Waals surface area contributed by atoms with E-state index in [4.69, 9.17) is 4.42 Å². The number of rotatable bonds is 5. The van der Waals surface area contributed by atoms with Crippen molar-refractivity contribution in [2.45, 2.75) is 38.0 Å². The van der Waals surface area contributed by atoms with Gasteiger partial charge in [0.05, 0.1) is 4.90 Å². The molecule has 136 valence electrons. The van der Waals surface area contributed by atoms with Crippen LogP contribution in [0.3, 0.4) is 0 Å². The third kappa shape index (κ3) is 3.69. The summed E-state index contributed by atoms with van der Waals surface area (Å²) in [4.78, 5) is 2.27. The van der Waals surface area contributed by atoms with Crippen LogP contribution >= 0.6 is 0 Å². The summed E-state index contributed by atoms with van der Waals surface area (Å²) in [5.41, 5.74) is 1.13. The number of piperazine rings is 1. The number of hydrogen-bond acceptors (Lipinski definition) is 6. The van der Waals surface area contributed by atoms with Crippen LogP contribution in [0, 0.1) is 0 Å². The molecule has 0 amide bonds. The van der Waals surface area contributed by atoms with Crippen LogP contribution in [0.1, 0.15) is 38.1 Å². The molecule has 1 fully saturated rings. The van der Waals surface area contributed by atoms with Gasteiger partial charge in [-0.3, -0.25) is 0 Å². The Kier molecular flexibility index (Phi) is 5.10. The van der Waals surface area contributed by atoms with Gasteiger partial charge in [-0.1, -0.05) is 38.0 Å².